The molecule has 1 aromatic heterocycles. The maximum Gasteiger partial charge on any atom is 0.248 e. The molecule has 2 aromatic carbocycles. The standard InChI is InChI=1S/C19H17NO2S/c1-11-7-8-17-15(9-11)12(2)18(23-17)16(21)10-13-5-3-4-6-14(13)19(20)22/h3-9H,10H2,1-2H3,(H2,20,22). The van der Waals surface area contributed by atoms with Crippen molar-refractivity contribution >= 4 is 33.1 Å². The first kappa shape index (κ1) is 15.4. The molecule has 0 fully saturated rings. The van der Waals surface area contributed by atoms with Crippen molar-refractivity contribution in [1.82, 2.24) is 0 Å². The van der Waals surface area contributed by atoms with Crippen LogP contribution in [0, 0.1) is 13.8 Å². The molecule has 1 heterocycles. The second-order valence-corrected chi connectivity index (χ2v) is 6.73. The molecule has 0 bridgehead atoms. The van der Waals surface area contributed by atoms with Crippen molar-refractivity contribution < 1.29 is 9.59 Å². The zero-order chi connectivity index (χ0) is 16.6. The average Bonchev–Trinajstić information content (AvgIpc) is 2.84. The largest absolute Gasteiger partial charge is 0.366 e. The summed E-state index contributed by atoms with van der Waals surface area (Å²) in [4.78, 5) is 25.0. The Kier molecular flexibility index (Phi) is 4.01. The second-order valence-electron chi connectivity index (χ2n) is 5.68. The fourth-order valence-corrected chi connectivity index (χ4v) is 3.90. The Morgan fingerprint density at radius 2 is 1.83 bits per heavy atom. The van der Waals surface area contributed by atoms with Gasteiger partial charge in [0, 0.05) is 16.7 Å². The molecule has 0 saturated carbocycles. The molecule has 0 aliphatic rings. The summed E-state index contributed by atoms with van der Waals surface area (Å²) in [6, 6.07) is 13.2. The summed E-state index contributed by atoms with van der Waals surface area (Å²) in [5.41, 5.74) is 8.67. The van der Waals surface area contributed by atoms with E-state index in [1.807, 2.05) is 19.9 Å². The first-order chi connectivity index (χ1) is 11.0. The van der Waals surface area contributed by atoms with Gasteiger partial charge in [-0.25, -0.2) is 0 Å². The molecule has 0 atom stereocenters. The predicted molar refractivity (Wildman–Crippen MR) is 94.3 cm³/mol. The summed E-state index contributed by atoms with van der Waals surface area (Å²) in [5.74, 6) is -0.479. The van der Waals surface area contributed by atoms with Gasteiger partial charge in [-0.3, -0.25) is 9.59 Å². The molecule has 23 heavy (non-hydrogen) atoms. The molecule has 1 amide bonds. The monoisotopic (exact) mass is 323 g/mol. The van der Waals surface area contributed by atoms with Crippen LogP contribution in [0.25, 0.3) is 10.1 Å². The molecule has 0 aliphatic carbocycles. The van der Waals surface area contributed by atoms with Crippen LogP contribution >= 0.6 is 11.3 Å². The van der Waals surface area contributed by atoms with Gasteiger partial charge in [-0.2, -0.15) is 0 Å². The lowest BCUT2D eigenvalue weighted by Crippen LogP contribution is -2.15. The van der Waals surface area contributed by atoms with Crippen LogP contribution in [-0.4, -0.2) is 11.7 Å². The molecule has 0 spiro atoms. The maximum atomic E-state index is 12.7. The number of carbonyl (C=O) groups excluding carboxylic acids is 2. The van der Waals surface area contributed by atoms with Gasteiger partial charge in [0.15, 0.2) is 5.78 Å². The number of hydrogen-bond donors (Lipinski definition) is 1. The molecule has 3 nitrogen and oxygen atoms in total. The number of thiophene rings is 1. The smallest absolute Gasteiger partial charge is 0.248 e. The SMILES string of the molecule is Cc1ccc2sc(C(=O)Cc3ccccc3C(N)=O)c(C)c2c1. The number of benzene rings is 2. The normalized spacial score (nSPS) is 10.9. The van der Waals surface area contributed by atoms with Gasteiger partial charge in [0.05, 0.1) is 4.88 Å². The fourth-order valence-electron chi connectivity index (χ4n) is 2.77. The fraction of sp³-hybridized carbons (Fsp3) is 0.158. The molecule has 116 valence electrons. The van der Waals surface area contributed by atoms with Crippen LogP contribution in [0.15, 0.2) is 42.5 Å². The zero-order valence-corrected chi connectivity index (χ0v) is 13.9. The van der Waals surface area contributed by atoms with Gasteiger partial charge in [-0.15, -0.1) is 11.3 Å². The summed E-state index contributed by atoms with van der Waals surface area (Å²) in [7, 11) is 0. The number of primary amides is 1. The van der Waals surface area contributed by atoms with Crippen molar-refractivity contribution in [3.8, 4) is 0 Å². The lowest BCUT2D eigenvalue weighted by molar-refractivity contribution is 0.0994. The highest BCUT2D eigenvalue weighted by Crippen LogP contribution is 2.32. The molecule has 0 radical (unpaired) electrons. The number of Topliss-reactive ketones (excluding diaryl/α,β-unsaturated/α-hetero) is 1. The van der Waals surface area contributed by atoms with E-state index in [0.29, 0.717) is 11.1 Å². The zero-order valence-electron chi connectivity index (χ0n) is 13.1. The van der Waals surface area contributed by atoms with Gasteiger partial charge in [-0.05, 0) is 42.5 Å². The number of rotatable bonds is 4. The van der Waals surface area contributed by atoms with Gasteiger partial charge in [0.25, 0.3) is 0 Å². The first-order valence-corrected chi connectivity index (χ1v) is 8.19. The molecular formula is C19H17NO2S. The van der Waals surface area contributed by atoms with Gasteiger partial charge < -0.3 is 5.73 Å². The number of hydrogen-bond acceptors (Lipinski definition) is 3. The van der Waals surface area contributed by atoms with Gasteiger partial charge in [0.1, 0.15) is 0 Å². The van der Waals surface area contributed by atoms with Crippen LogP contribution in [-0.2, 0) is 6.42 Å². The van der Waals surface area contributed by atoms with Crippen LogP contribution in [0.3, 0.4) is 0 Å². The second kappa shape index (κ2) is 5.97. The topological polar surface area (TPSA) is 60.2 Å². The quantitative estimate of drug-likeness (QED) is 0.737. The first-order valence-electron chi connectivity index (χ1n) is 7.38. The van der Waals surface area contributed by atoms with E-state index in [4.69, 9.17) is 5.73 Å². The minimum Gasteiger partial charge on any atom is -0.366 e. The summed E-state index contributed by atoms with van der Waals surface area (Å²) < 4.78 is 1.11. The highest BCUT2D eigenvalue weighted by molar-refractivity contribution is 7.21. The summed E-state index contributed by atoms with van der Waals surface area (Å²) in [6.45, 7) is 4.02. The Hall–Kier alpha value is -2.46. The van der Waals surface area contributed by atoms with E-state index in [9.17, 15) is 9.59 Å². The van der Waals surface area contributed by atoms with Crippen LogP contribution in [0.1, 0.15) is 36.7 Å². The molecule has 0 unspecified atom stereocenters. The van der Waals surface area contributed by atoms with Crippen molar-refractivity contribution in [3.05, 3.63) is 69.6 Å². The van der Waals surface area contributed by atoms with Gasteiger partial charge in [0.2, 0.25) is 5.91 Å². The highest BCUT2D eigenvalue weighted by atomic mass is 32.1. The summed E-state index contributed by atoms with van der Waals surface area (Å²) >= 11 is 1.51. The number of nitrogens with two attached hydrogens (primary N) is 1. The van der Waals surface area contributed by atoms with E-state index in [1.165, 1.54) is 16.9 Å². The molecular weight excluding hydrogens is 306 g/mol. The van der Waals surface area contributed by atoms with E-state index in [-0.39, 0.29) is 12.2 Å². The Morgan fingerprint density at radius 3 is 2.57 bits per heavy atom. The molecule has 3 aromatic rings. The molecule has 2 N–H and O–H groups in total. The van der Waals surface area contributed by atoms with Crippen molar-refractivity contribution in [2.45, 2.75) is 20.3 Å². The number of amides is 1. The van der Waals surface area contributed by atoms with E-state index in [1.54, 1.807) is 18.2 Å². The van der Waals surface area contributed by atoms with E-state index in [0.717, 1.165) is 20.5 Å². The lowest BCUT2D eigenvalue weighted by atomic mass is 9.99. The van der Waals surface area contributed by atoms with Crippen molar-refractivity contribution in [2.24, 2.45) is 5.73 Å². The number of carbonyl (C=O) groups is 2. The molecule has 0 aliphatic heterocycles. The molecule has 4 heteroatoms. The third kappa shape index (κ3) is 2.90. The average molecular weight is 323 g/mol. The van der Waals surface area contributed by atoms with E-state index < -0.39 is 5.91 Å². The molecule has 3 rings (SSSR count). The third-order valence-electron chi connectivity index (χ3n) is 3.98. The van der Waals surface area contributed by atoms with Crippen molar-refractivity contribution in [3.63, 3.8) is 0 Å². The van der Waals surface area contributed by atoms with Crippen molar-refractivity contribution in [2.75, 3.05) is 0 Å². The molecule has 0 saturated heterocycles. The van der Waals surface area contributed by atoms with Crippen LogP contribution in [0.2, 0.25) is 0 Å². The Bertz CT molecular complexity index is 924. The summed E-state index contributed by atoms with van der Waals surface area (Å²) in [6.07, 6.45) is 0.186. The lowest BCUT2D eigenvalue weighted by Gasteiger charge is -2.05. The summed E-state index contributed by atoms with van der Waals surface area (Å²) in [5, 5.41) is 1.13. The van der Waals surface area contributed by atoms with Gasteiger partial charge >= 0.3 is 0 Å². The van der Waals surface area contributed by atoms with Crippen LogP contribution in [0.4, 0.5) is 0 Å². The Labute approximate surface area is 138 Å². The Morgan fingerprint density at radius 1 is 1.09 bits per heavy atom. The third-order valence-corrected chi connectivity index (χ3v) is 5.29. The van der Waals surface area contributed by atoms with Crippen molar-refractivity contribution in [1.29, 1.82) is 0 Å². The predicted octanol–water partition coefficient (Wildman–Crippen LogP) is 4.04. The van der Waals surface area contributed by atoms with Crippen LogP contribution < -0.4 is 5.73 Å². The highest BCUT2D eigenvalue weighted by Gasteiger charge is 2.18. The van der Waals surface area contributed by atoms with E-state index in [2.05, 4.69) is 18.2 Å². The Balaban J connectivity index is 1.99. The van der Waals surface area contributed by atoms with Crippen LogP contribution in [0.5, 0.6) is 0 Å². The number of aryl methyl sites for hydroxylation is 2. The van der Waals surface area contributed by atoms with Gasteiger partial charge in [-0.1, -0.05) is 35.9 Å². The van der Waals surface area contributed by atoms with E-state index >= 15 is 0 Å². The number of ketones is 1. The number of fused-ring (bicyclic) bond motifs is 1. The minimum atomic E-state index is -0.503. The maximum absolute atomic E-state index is 12.7. The minimum absolute atomic E-state index is 0.0232.